The van der Waals surface area contributed by atoms with Crippen LogP contribution in [0.25, 0.3) is 0 Å². The predicted octanol–water partition coefficient (Wildman–Crippen LogP) is 6.15. The van der Waals surface area contributed by atoms with Crippen molar-refractivity contribution in [3.05, 3.63) is 108 Å². The zero-order valence-electron chi connectivity index (χ0n) is 19.8. The standard InChI is InChI=1S/C25H19ClN4O8S/c26-22-19(39-18-4-2-1-3-16(18)29(35)36)11-15-20(22)21-17(30(37)38)10-9-14(25(31)32)24(21)27-23(15)12-5-7-13(8-6-12)28(33)34/h1-10,15,19-20,22-23,27H,11H2,(H,31,32)/t15-,19+,20-,22+,23-/m1/s1. The van der Waals surface area contributed by atoms with Crippen molar-refractivity contribution >= 4 is 52.1 Å². The molecular formula is C25H19ClN4O8S. The van der Waals surface area contributed by atoms with E-state index in [1.807, 2.05) is 0 Å². The number of carbonyl (C=O) groups is 1. The summed E-state index contributed by atoms with van der Waals surface area (Å²) in [6.45, 7) is 0. The number of hydrogen-bond donors (Lipinski definition) is 2. The van der Waals surface area contributed by atoms with E-state index in [9.17, 15) is 40.2 Å². The van der Waals surface area contributed by atoms with E-state index in [1.54, 1.807) is 30.3 Å². The summed E-state index contributed by atoms with van der Waals surface area (Å²) < 4.78 is 0. The molecule has 39 heavy (non-hydrogen) atoms. The van der Waals surface area contributed by atoms with E-state index in [0.29, 0.717) is 16.9 Å². The van der Waals surface area contributed by atoms with Gasteiger partial charge in [0.25, 0.3) is 17.1 Å². The molecule has 14 heteroatoms. The van der Waals surface area contributed by atoms with Gasteiger partial charge in [0.1, 0.15) is 0 Å². The maximum atomic E-state index is 12.1. The van der Waals surface area contributed by atoms with Crippen LogP contribution in [0.4, 0.5) is 22.7 Å². The van der Waals surface area contributed by atoms with Crippen molar-refractivity contribution in [2.24, 2.45) is 5.92 Å². The third kappa shape index (κ3) is 4.63. The number of non-ortho nitro benzene ring substituents is 1. The lowest BCUT2D eigenvalue weighted by atomic mass is 9.75. The lowest BCUT2D eigenvalue weighted by molar-refractivity contribution is -0.387. The van der Waals surface area contributed by atoms with Crippen LogP contribution in [-0.2, 0) is 0 Å². The van der Waals surface area contributed by atoms with Crippen molar-refractivity contribution in [2.45, 2.75) is 33.9 Å². The quantitative estimate of drug-likeness (QED) is 0.190. The summed E-state index contributed by atoms with van der Waals surface area (Å²) in [4.78, 5) is 45.7. The van der Waals surface area contributed by atoms with Gasteiger partial charge >= 0.3 is 5.97 Å². The molecule has 2 aliphatic rings. The van der Waals surface area contributed by atoms with Crippen molar-refractivity contribution in [3.63, 3.8) is 0 Å². The summed E-state index contributed by atoms with van der Waals surface area (Å²) >= 11 is 8.22. The molecule has 1 fully saturated rings. The van der Waals surface area contributed by atoms with E-state index < -0.39 is 43.3 Å². The van der Waals surface area contributed by atoms with Crippen LogP contribution in [-0.4, -0.2) is 36.5 Å². The van der Waals surface area contributed by atoms with Crippen LogP contribution in [0.2, 0.25) is 0 Å². The Kier molecular flexibility index (Phi) is 6.87. The average molecular weight is 571 g/mol. The second kappa shape index (κ2) is 10.2. The molecule has 1 saturated carbocycles. The van der Waals surface area contributed by atoms with E-state index in [1.165, 1.54) is 30.0 Å². The molecule has 0 amide bonds. The number of nitro benzene ring substituents is 3. The summed E-state index contributed by atoms with van der Waals surface area (Å²) in [7, 11) is 0. The second-order valence-electron chi connectivity index (χ2n) is 9.20. The van der Waals surface area contributed by atoms with Gasteiger partial charge in [0.05, 0.1) is 47.9 Å². The number of anilines is 1. The molecule has 0 aromatic heterocycles. The maximum absolute atomic E-state index is 12.1. The van der Waals surface area contributed by atoms with Gasteiger partial charge in [-0.3, -0.25) is 30.3 Å². The Morgan fingerprint density at radius 3 is 2.21 bits per heavy atom. The molecular weight excluding hydrogens is 552 g/mol. The van der Waals surface area contributed by atoms with Crippen molar-refractivity contribution in [1.29, 1.82) is 0 Å². The van der Waals surface area contributed by atoms with Gasteiger partial charge in [-0.1, -0.05) is 24.3 Å². The van der Waals surface area contributed by atoms with Gasteiger partial charge in [0.15, 0.2) is 0 Å². The number of benzene rings is 3. The van der Waals surface area contributed by atoms with Gasteiger partial charge in [-0.15, -0.1) is 23.4 Å². The number of nitrogens with one attached hydrogen (secondary N) is 1. The number of fused-ring (bicyclic) bond motifs is 3. The number of nitro groups is 3. The van der Waals surface area contributed by atoms with Gasteiger partial charge in [-0.05, 0) is 30.0 Å². The van der Waals surface area contributed by atoms with Crippen LogP contribution in [0, 0.1) is 36.3 Å². The highest BCUT2D eigenvalue weighted by Gasteiger charge is 2.53. The number of alkyl halides is 1. The Balaban J connectivity index is 1.65. The average Bonchev–Trinajstić information content (AvgIpc) is 3.23. The van der Waals surface area contributed by atoms with E-state index >= 15 is 0 Å². The number of halogens is 1. The molecule has 5 rings (SSSR count). The van der Waals surface area contributed by atoms with Crippen molar-refractivity contribution in [2.75, 3.05) is 5.32 Å². The molecule has 200 valence electrons. The summed E-state index contributed by atoms with van der Waals surface area (Å²) in [6.07, 6.45) is 0.387. The normalized spacial score (nSPS) is 23.3. The molecule has 5 atom stereocenters. The van der Waals surface area contributed by atoms with E-state index in [0.717, 1.165) is 12.1 Å². The molecule has 1 heterocycles. The Labute approximate surface area is 229 Å². The Bertz CT molecular complexity index is 1520. The minimum Gasteiger partial charge on any atom is -0.478 e. The third-order valence-electron chi connectivity index (χ3n) is 7.18. The molecule has 0 spiro atoms. The van der Waals surface area contributed by atoms with Gasteiger partial charge in [0, 0.05) is 35.4 Å². The fraction of sp³-hybridized carbons (Fsp3) is 0.240. The SMILES string of the molecule is O=C(O)c1ccc([N+](=O)[O-])c2c1N[C@H](c1ccc([N+](=O)[O-])cc1)[C@@H]1C[C@H](Sc3ccccc3[N+](=O)[O-])[C@H](Cl)[C@@H]21. The number of para-hydroxylation sites is 1. The van der Waals surface area contributed by atoms with E-state index in [2.05, 4.69) is 5.32 Å². The summed E-state index contributed by atoms with van der Waals surface area (Å²) in [5.74, 6) is -2.35. The van der Waals surface area contributed by atoms with Gasteiger partial charge in [-0.2, -0.15) is 0 Å². The largest absolute Gasteiger partial charge is 0.478 e. The molecule has 1 aliphatic heterocycles. The number of rotatable bonds is 7. The highest BCUT2D eigenvalue weighted by Crippen LogP contribution is 2.60. The lowest BCUT2D eigenvalue weighted by Crippen LogP contribution is -2.33. The first-order chi connectivity index (χ1) is 18.6. The van der Waals surface area contributed by atoms with Crippen LogP contribution >= 0.6 is 23.4 Å². The molecule has 3 aromatic carbocycles. The Morgan fingerprint density at radius 1 is 0.923 bits per heavy atom. The zero-order chi connectivity index (χ0) is 28.0. The Morgan fingerprint density at radius 2 is 1.59 bits per heavy atom. The molecule has 0 saturated heterocycles. The van der Waals surface area contributed by atoms with Gasteiger partial charge < -0.3 is 10.4 Å². The van der Waals surface area contributed by atoms with Crippen LogP contribution in [0.15, 0.2) is 65.6 Å². The number of hydrogen-bond acceptors (Lipinski definition) is 9. The minimum atomic E-state index is -1.29. The van der Waals surface area contributed by atoms with Crippen molar-refractivity contribution in [1.82, 2.24) is 0 Å². The molecule has 0 radical (unpaired) electrons. The molecule has 0 bridgehead atoms. The van der Waals surface area contributed by atoms with Gasteiger partial charge in [-0.25, -0.2) is 4.79 Å². The number of thioether (sulfide) groups is 1. The molecule has 3 aromatic rings. The molecule has 2 N–H and O–H groups in total. The fourth-order valence-electron chi connectivity index (χ4n) is 5.55. The van der Waals surface area contributed by atoms with Crippen LogP contribution < -0.4 is 5.32 Å². The van der Waals surface area contributed by atoms with Crippen LogP contribution in [0.1, 0.15) is 39.9 Å². The highest BCUT2D eigenvalue weighted by molar-refractivity contribution is 8.00. The first-order valence-electron chi connectivity index (χ1n) is 11.7. The second-order valence-corrected chi connectivity index (χ2v) is 11.0. The lowest BCUT2D eigenvalue weighted by Gasteiger charge is -2.38. The molecule has 12 nitrogen and oxygen atoms in total. The summed E-state index contributed by atoms with van der Waals surface area (Å²) in [6, 6.07) is 13.7. The Hall–Kier alpha value is -4.23. The van der Waals surface area contributed by atoms with E-state index in [-0.39, 0.29) is 39.8 Å². The van der Waals surface area contributed by atoms with Crippen LogP contribution in [0.5, 0.6) is 0 Å². The molecule has 0 unspecified atom stereocenters. The van der Waals surface area contributed by atoms with Gasteiger partial charge in [0.2, 0.25) is 0 Å². The van der Waals surface area contributed by atoms with Crippen LogP contribution in [0.3, 0.4) is 0 Å². The van der Waals surface area contributed by atoms with Crippen molar-refractivity contribution < 1.29 is 24.7 Å². The zero-order valence-corrected chi connectivity index (χ0v) is 21.4. The molecule has 1 aliphatic carbocycles. The third-order valence-corrected chi connectivity index (χ3v) is 9.29. The number of nitrogens with zero attached hydrogens (tertiary/aromatic N) is 3. The van der Waals surface area contributed by atoms with E-state index in [4.69, 9.17) is 11.6 Å². The smallest absolute Gasteiger partial charge is 0.337 e. The summed E-state index contributed by atoms with van der Waals surface area (Å²) in [5.41, 5.74) is 0.202. The summed E-state index contributed by atoms with van der Waals surface area (Å²) in [5, 5.41) is 46.7. The number of carboxylic acid groups (broad SMARTS) is 1. The maximum Gasteiger partial charge on any atom is 0.337 e. The number of carboxylic acids is 1. The first-order valence-corrected chi connectivity index (χ1v) is 13.0. The fourth-order valence-corrected chi connectivity index (χ4v) is 7.48. The number of aromatic carboxylic acids is 1. The first kappa shape index (κ1) is 26.4. The monoisotopic (exact) mass is 570 g/mol. The highest BCUT2D eigenvalue weighted by atomic mass is 35.5. The predicted molar refractivity (Wildman–Crippen MR) is 143 cm³/mol. The topological polar surface area (TPSA) is 179 Å². The van der Waals surface area contributed by atoms with Crippen molar-refractivity contribution in [3.8, 4) is 0 Å². The minimum absolute atomic E-state index is 0.0725.